The number of imidazole rings is 1. The van der Waals surface area contributed by atoms with Gasteiger partial charge in [-0.1, -0.05) is 23.7 Å². The van der Waals surface area contributed by atoms with Gasteiger partial charge in [0.2, 0.25) is 0 Å². The summed E-state index contributed by atoms with van der Waals surface area (Å²) in [5, 5.41) is 0.433. The Kier molecular flexibility index (Phi) is 5.69. The molecule has 170 valence electrons. The molecule has 0 aliphatic carbocycles. The van der Waals surface area contributed by atoms with Crippen molar-refractivity contribution in [2.45, 2.75) is 19.3 Å². The number of hydrogen-bond donors (Lipinski definition) is 0. The van der Waals surface area contributed by atoms with Gasteiger partial charge in [0.15, 0.2) is 0 Å². The Bertz CT molecular complexity index is 1290. The molecule has 0 aliphatic rings. The fourth-order valence-electron chi connectivity index (χ4n) is 3.45. The average molecular weight is 482 g/mol. The Balaban J connectivity index is 1.93. The molecule has 2 aromatic carbocycles. The highest BCUT2D eigenvalue weighted by Gasteiger charge is 2.37. The molecular weight excluding hydrogens is 468 g/mol. The molecule has 0 amide bonds. The van der Waals surface area contributed by atoms with E-state index in [0.29, 0.717) is 34.0 Å². The number of alkyl halides is 6. The third-order valence-corrected chi connectivity index (χ3v) is 5.31. The van der Waals surface area contributed by atoms with Crippen molar-refractivity contribution in [2.75, 3.05) is 0 Å². The minimum Gasteiger partial charge on any atom is -0.297 e. The summed E-state index contributed by atoms with van der Waals surface area (Å²) in [6, 6.07) is 8.43. The monoisotopic (exact) mass is 481 g/mol. The maximum atomic E-state index is 13.3. The lowest BCUT2D eigenvalue weighted by Crippen LogP contribution is -2.11. The number of rotatable bonds is 3. The van der Waals surface area contributed by atoms with Crippen molar-refractivity contribution in [3.8, 4) is 28.1 Å². The van der Waals surface area contributed by atoms with Gasteiger partial charge in [0.05, 0.1) is 41.2 Å². The minimum absolute atomic E-state index is 0.0316. The van der Waals surface area contributed by atoms with E-state index in [4.69, 9.17) is 11.6 Å². The molecule has 0 fully saturated rings. The molecule has 4 aromatic rings. The highest BCUT2D eigenvalue weighted by Crippen LogP contribution is 2.40. The summed E-state index contributed by atoms with van der Waals surface area (Å²) in [6.07, 6.45) is -4.48. The Labute approximate surface area is 189 Å². The topological polar surface area (TPSA) is 30.7 Å². The van der Waals surface area contributed by atoms with Gasteiger partial charge in [0, 0.05) is 27.9 Å². The second-order valence-corrected chi connectivity index (χ2v) is 7.73. The summed E-state index contributed by atoms with van der Waals surface area (Å²) in [4.78, 5) is 8.04. The van der Waals surface area contributed by atoms with E-state index in [1.54, 1.807) is 18.2 Å². The first kappa shape index (κ1) is 22.8. The quantitative estimate of drug-likeness (QED) is 0.282. The smallest absolute Gasteiger partial charge is 0.297 e. The van der Waals surface area contributed by atoms with Crippen LogP contribution in [0.4, 0.5) is 26.3 Å². The summed E-state index contributed by atoms with van der Waals surface area (Å²) in [6.45, 7) is 1.86. The molecular formula is C23H14ClF6N3. The number of aryl methyl sites for hydroxylation is 1. The van der Waals surface area contributed by atoms with E-state index in [1.165, 1.54) is 29.5 Å². The van der Waals surface area contributed by atoms with Gasteiger partial charge >= 0.3 is 12.4 Å². The zero-order valence-electron chi connectivity index (χ0n) is 16.8. The molecule has 0 unspecified atom stereocenters. The van der Waals surface area contributed by atoms with Gasteiger partial charge in [-0.3, -0.25) is 9.55 Å². The van der Waals surface area contributed by atoms with Crippen LogP contribution in [0.3, 0.4) is 0 Å². The Hall–Kier alpha value is -3.33. The van der Waals surface area contributed by atoms with Gasteiger partial charge in [-0.25, -0.2) is 4.98 Å². The summed E-state index contributed by atoms with van der Waals surface area (Å²) < 4.78 is 81.5. The number of pyridine rings is 1. The van der Waals surface area contributed by atoms with Gasteiger partial charge in [0.1, 0.15) is 0 Å². The van der Waals surface area contributed by atoms with Crippen molar-refractivity contribution in [2.24, 2.45) is 0 Å². The number of nitrogens with zero attached hydrogens (tertiary/aromatic N) is 3. The van der Waals surface area contributed by atoms with Crippen LogP contribution >= 0.6 is 11.6 Å². The molecule has 10 heteroatoms. The molecule has 0 radical (unpaired) electrons. The van der Waals surface area contributed by atoms with E-state index >= 15 is 0 Å². The molecule has 4 rings (SSSR count). The van der Waals surface area contributed by atoms with Crippen LogP contribution in [0.5, 0.6) is 0 Å². The fourth-order valence-corrected chi connectivity index (χ4v) is 3.78. The van der Waals surface area contributed by atoms with Gasteiger partial charge in [-0.05, 0) is 42.8 Å². The summed E-state index contributed by atoms with van der Waals surface area (Å²) >= 11 is 6.40. The molecule has 0 saturated carbocycles. The zero-order valence-corrected chi connectivity index (χ0v) is 17.6. The van der Waals surface area contributed by atoms with E-state index in [9.17, 15) is 26.3 Å². The zero-order chi connectivity index (χ0) is 24.0. The third-order valence-electron chi connectivity index (χ3n) is 5.00. The lowest BCUT2D eigenvalue weighted by atomic mass is 10.0. The van der Waals surface area contributed by atoms with Gasteiger partial charge in [-0.2, -0.15) is 26.3 Å². The van der Waals surface area contributed by atoms with Crippen LogP contribution in [0.1, 0.15) is 16.7 Å². The standard InChI is InChI=1S/C23H14ClF6N3/c1-13-2-3-17(19(24)6-13)18-4-5-31-11-21(18)33-12-32-10-20(33)14-7-15(22(25,26)27)9-16(8-14)23(28,29)30/h2-12H,1H3. The van der Waals surface area contributed by atoms with Gasteiger partial charge < -0.3 is 0 Å². The first-order valence-electron chi connectivity index (χ1n) is 9.48. The molecule has 0 saturated heterocycles. The van der Waals surface area contributed by atoms with Crippen LogP contribution in [-0.2, 0) is 12.4 Å². The lowest BCUT2D eigenvalue weighted by Gasteiger charge is -2.17. The van der Waals surface area contributed by atoms with Crippen molar-refractivity contribution in [1.82, 2.24) is 14.5 Å². The van der Waals surface area contributed by atoms with Crippen molar-refractivity contribution >= 4 is 11.6 Å². The van der Waals surface area contributed by atoms with Crippen LogP contribution in [-0.4, -0.2) is 14.5 Å². The Morgan fingerprint density at radius 3 is 2.06 bits per heavy atom. The SMILES string of the molecule is Cc1ccc(-c2ccncc2-n2cncc2-c2cc(C(F)(F)F)cc(C(F)(F)F)c2)c(Cl)c1. The maximum absolute atomic E-state index is 13.3. The van der Waals surface area contributed by atoms with Crippen molar-refractivity contribution in [3.63, 3.8) is 0 Å². The van der Waals surface area contributed by atoms with E-state index < -0.39 is 23.5 Å². The maximum Gasteiger partial charge on any atom is 0.416 e. The molecule has 33 heavy (non-hydrogen) atoms. The van der Waals surface area contributed by atoms with Crippen LogP contribution in [0.25, 0.3) is 28.1 Å². The van der Waals surface area contributed by atoms with Crippen LogP contribution < -0.4 is 0 Å². The second-order valence-electron chi connectivity index (χ2n) is 7.32. The van der Waals surface area contributed by atoms with E-state index in [2.05, 4.69) is 9.97 Å². The predicted octanol–water partition coefficient (Wildman–Crippen LogP) is 7.60. The number of hydrogen-bond acceptors (Lipinski definition) is 2. The van der Waals surface area contributed by atoms with Crippen LogP contribution in [0.15, 0.2) is 67.4 Å². The van der Waals surface area contributed by atoms with Gasteiger partial charge in [-0.15, -0.1) is 0 Å². The second kappa shape index (κ2) is 8.22. The van der Waals surface area contributed by atoms with E-state index in [0.717, 1.165) is 5.56 Å². The summed E-state index contributed by atoms with van der Waals surface area (Å²) in [7, 11) is 0. The Morgan fingerprint density at radius 1 is 0.788 bits per heavy atom. The highest BCUT2D eigenvalue weighted by atomic mass is 35.5. The molecule has 0 aliphatic heterocycles. The predicted molar refractivity (Wildman–Crippen MR) is 112 cm³/mol. The molecule has 2 aromatic heterocycles. The van der Waals surface area contributed by atoms with Crippen molar-refractivity contribution in [1.29, 1.82) is 0 Å². The third kappa shape index (κ3) is 4.59. The summed E-state index contributed by atoms with van der Waals surface area (Å²) in [5.74, 6) is 0. The first-order valence-corrected chi connectivity index (χ1v) is 9.86. The number of halogens is 7. The molecule has 0 spiro atoms. The van der Waals surface area contributed by atoms with E-state index in [1.807, 2.05) is 13.0 Å². The molecule has 2 heterocycles. The normalized spacial score (nSPS) is 12.2. The lowest BCUT2D eigenvalue weighted by molar-refractivity contribution is -0.143. The van der Waals surface area contributed by atoms with E-state index in [-0.39, 0.29) is 17.3 Å². The highest BCUT2D eigenvalue weighted by molar-refractivity contribution is 6.33. The molecule has 0 bridgehead atoms. The molecule has 0 atom stereocenters. The summed E-state index contributed by atoms with van der Waals surface area (Å²) in [5.41, 5.74) is -0.561. The largest absolute Gasteiger partial charge is 0.416 e. The first-order chi connectivity index (χ1) is 15.4. The minimum atomic E-state index is -4.96. The molecule has 3 nitrogen and oxygen atoms in total. The van der Waals surface area contributed by atoms with Crippen molar-refractivity contribution in [3.05, 3.63) is 89.1 Å². The number of benzene rings is 2. The fraction of sp³-hybridized carbons (Fsp3) is 0.130. The van der Waals surface area contributed by atoms with Gasteiger partial charge in [0.25, 0.3) is 0 Å². The van der Waals surface area contributed by atoms with Crippen LogP contribution in [0, 0.1) is 6.92 Å². The molecule has 0 N–H and O–H groups in total. The van der Waals surface area contributed by atoms with Crippen molar-refractivity contribution < 1.29 is 26.3 Å². The van der Waals surface area contributed by atoms with Crippen LogP contribution in [0.2, 0.25) is 5.02 Å². The number of aromatic nitrogens is 3. The Morgan fingerprint density at radius 2 is 1.45 bits per heavy atom. The average Bonchev–Trinajstić information content (AvgIpc) is 3.22.